The first kappa shape index (κ1) is 13.5. The van der Waals surface area contributed by atoms with E-state index in [0.29, 0.717) is 5.56 Å². The SMILES string of the molecule is Cc1ccc(F)cc1C(=O)Nc1cccc(Cl)c1F. The molecule has 0 unspecified atom stereocenters. The summed E-state index contributed by atoms with van der Waals surface area (Å²) in [6, 6.07) is 8.12. The number of halogens is 3. The smallest absolute Gasteiger partial charge is 0.256 e. The van der Waals surface area contributed by atoms with Gasteiger partial charge in [-0.15, -0.1) is 0 Å². The average Bonchev–Trinajstić information content (AvgIpc) is 2.38. The van der Waals surface area contributed by atoms with Crippen molar-refractivity contribution in [3.05, 3.63) is 64.2 Å². The van der Waals surface area contributed by atoms with Crippen LogP contribution in [0.5, 0.6) is 0 Å². The van der Waals surface area contributed by atoms with E-state index in [1.807, 2.05) is 0 Å². The van der Waals surface area contributed by atoms with Crippen molar-refractivity contribution in [1.29, 1.82) is 0 Å². The lowest BCUT2D eigenvalue weighted by Crippen LogP contribution is -2.14. The highest BCUT2D eigenvalue weighted by Crippen LogP contribution is 2.23. The second-order valence-corrected chi connectivity index (χ2v) is 4.42. The van der Waals surface area contributed by atoms with E-state index in [9.17, 15) is 13.6 Å². The van der Waals surface area contributed by atoms with Crippen molar-refractivity contribution in [3.8, 4) is 0 Å². The molecule has 1 N–H and O–H groups in total. The Hall–Kier alpha value is -1.94. The number of aryl methyl sites for hydroxylation is 1. The third kappa shape index (κ3) is 2.90. The van der Waals surface area contributed by atoms with Gasteiger partial charge in [0.05, 0.1) is 10.7 Å². The van der Waals surface area contributed by atoms with E-state index in [1.54, 1.807) is 6.92 Å². The summed E-state index contributed by atoms with van der Waals surface area (Å²) in [5.41, 5.74) is 0.710. The van der Waals surface area contributed by atoms with E-state index in [1.165, 1.54) is 30.3 Å². The van der Waals surface area contributed by atoms with Crippen LogP contribution in [0.1, 0.15) is 15.9 Å². The molecule has 19 heavy (non-hydrogen) atoms. The van der Waals surface area contributed by atoms with Gasteiger partial charge in [0.15, 0.2) is 5.82 Å². The van der Waals surface area contributed by atoms with E-state index in [2.05, 4.69) is 5.32 Å². The van der Waals surface area contributed by atoms with E-state index in [4.69, 9.17) is 11.6 Å². The number of carbonyl (C=O) groups excluding carboxylic acids is 1. The molecule has 0 heterocycles. The van der Waals surface area contributed by atoms with Gasteiger partial charge in [0.1, 0.15) is 5.82 Å². The van der Waals surface area contributed by atoms with Crippen LogP contribution in [-0.4, -0.2) is 5.91 Å². The van der Waals surface area contributed by atoms with Crippen molar-refractivity contribution in [3.63, 3.8) is 0 Å². The summed E-state index contributed by atoms with van der Waals surface area (Å²) in [4.78, 5) is 12.0. The number of amides is 1. The molecule has 98 valence electrons. The van der Waals surface area contributed by atoms with Crippen LogP contribution in [0, 0.1) is 18.6 Å². The summed E-state index contributed by atoms with van der Waals surface area (Å²) in [6.07, 6.45) is 0. The first-order valence-electron chi connectivity index (χ1n) is 5.50. The standard InChI is InChI=1S/C14H10ClF2NO/c1-8-5-6-9(16)7-10(8)14(19)18-12-4-2-3-11(15)13(12)17/h2-7H,1H3,(H,18,19). The van der Waals surface area contributed by atoms with Crippen LogP contribution in [0.25, 0.3) is 0 Å². The first-order chi connectivity index (χ1) is 8.99. The molecule has 0 radical (unpaired) electrons. The topological polar surface area (TPSA) is 29.1 Å². The van der Waals surface area contributed by atoms with Gasteiger partial charge in [0.25, 0.3) is 5.91 Å². The third-order valence-corrected chi connectivity index (χ3v) is 2.94. The van der Waals surface area contributed by atoms with Gasteiger partial charge in [-0.05, 0) is 36.8 Å². The fourth-order valence-corrected chi connectivity index (χ4v) is 1.80. The van der Waals surface area contributed by atoms with Gasteiger partial charge in [-0.2, -0.15) is 0 Å². The predicted octanol–water partition coefficient (Wildman–Crippen LogP) is 4.18. The quantitative estimate of drug-likeness (QED) is 0.879. The Morgan fingerprint density at radius 3 is 2.68 bits per heavy atom. The maximum atomic E-state index is 13.6. The highest BCUT2D eigenvalue weighted by molar-refractivity contribution is 6.31. The number of nitrogens with one attached hydrogen (secondary N) is 1. The minimum absolute atomic E-state index is 0.0406. The molecule has 2 rings (SSSR count). The van der Waals surface area contributed by atoms with Crippen LogP contribution in [-0.2, 0) is 0 Å². The summed E-state index contributed by atoms with van der Waals surface area (Å²) in [5.74, 6) is -1.83. The van der Waals surface area contributed by atoms with Gasteiger partial charge >= 0.3 is 0 Å². The van der Waals surface area contributed by atoms with Gasteiger partial charge in [-0.1, -0.05) is 23.7 Å². The number of benzene rings is 2. The molecule has 0 atom stereocenters. The first-order valence-corrected chi connectivity index (χ1v) is 5.88. The molecule has 0 aromatic heterocycles. The monoisotopic (exact) mass is 281 g/mol. The van der Waals surface area contributed by atoms with Crippen LogP contribution < -0.4 is 5.32 Å². The lowest BCUT2D eigenvalue weighted by Gasteiger charge is -2.09. The van der Waals surface area contributed by atoms with Crippen LogP contribution in [0.4, 0.5) is 14.5 Å². The molecule has 0 bridgehead atoms. The highest BCUT2D eigenvalue weighted by Gasteiger charge is 2.13. The Labute approximate surface area is 114 Å². The van der Waals surface area contributed by atoms with Gasteiger partial charge < -0.3 is 5.32 Å². The van der Waals surface area contributed by atoms with E-state index >= 15 is 0 Å². The van der Waals surface area contributed by atoms with Crippen molar-refractivity contribution >= 4 is 23.2 Å². The van der Waals surface area contributed by atoms with Gasteiger partial charge in [0.2, 0.25) is 0 Å². The minimum atomic E-state index is -0.716. The van der Waals surface area contributed by atoms with Crippen LogP contribution in [0.2, 0.25) is 5.02 Å². The van der Waals surface area contributed by atoms with E-state index in [-0.39, 0.29) is 16.3 Å². The largest absolute Gasteiger partial charge is 0.319 e. The maximum Gasteiger partial charge on any atom is 0.256 e. The molecular formula is C14H10ClF2NO. The van der Waals surface area contributed by atoms with Gasteiger partial charge in [-0.3, -0.25) is 4.79 Å². The molecule has 1 amide bonds. The number of anilines is 1. The molecule has 0 aliphatic heterocycles. The zero-order chi connectivity index (χ0) is 14.0. The Morgan fingerprint density at radius 2 is 1.95 bits per heavy atom. The lowest BCUT2D eigenvalue weighted by atomic mass is 10.1. The summed E-state index contributed by atoms with van der Waals surface area (Å²) >= 11 is 5.61. The van der Waals surface area contributed by atoms with Crippen LogP contribution >= 0.6 is 11.6 Å². The molecule has 0 saturated heterocycles. The summed E-state index contributed by atoms with van der Waals surface area (Å²) < 4.78 is 26.8. The molecule has 5 heteroatoms. The highest BCUT2D eigenvalue weighted by atomic mass is 35.5. The van der Waals surface area contributed by atoms with Crippen molar-refractivity contribution < 1.29 is 13.6 Å². The van der Waals surface area contributed by atoms with Crippen LogP contribution in [0.15, 0.2) is 36.4 Å². The third-order valence-electron chi connectivity index (χ3n) is 2.64. The zero-order valence-corrected chi connectivity index (χ0v) is 10.8. The number of hydrogen-bond donors (Lipinski definition) is 1. The second kappa shape index (κ2) is 5.36. The predicted molar refractivity (Wildman–Crippen MR) is 70.5 cm³/mol. The number of carbonyl (C=O) groups is 1. The zero-order valence-electron chi connectivity index (χ0n) is 10.0. The Morgan fingerprint density at radius 1 is 1.21 bits per heavy atom. The van der Waals surface area contributed by atoms with Crippen molar-refractivity contribution in [2.75, 3.05) is 5.32 Å². The minimum Gasteiger partial charge on any atom is -0.319 e. The van der Waals surface area contributed by atoms with Gasteiger partial charge in [0, 0.05) is 5.56 Å². The molecular weight excluding hydrogens is 272 g/mol. The molecule has 2 aromatic rings. The summed E-state index contributed by atoms with van der Waals surface area (Å²) in [7, 11) is 0. The molecule has 2 nitrogen and oxygen atoms in total. The Kier molecular flexibility index (Phi) is 3.81. The molecule has 0 aliphatic carbocycles. The Bertz CT molecular complexity index is 643. The van der Waals surface area contributed by atoms with Crippen molar-refractivity contribution in [1.82, 2.24) is 0 Å². The Balaban J connectivity index is 2.31. The number of rotatable bonds is 2. The molecule has 0 fully saturated rings. The molecule has 0 saturated carbocycles. The molecule has 0 aliphatic rings. The van der Waals surface area contributed by atoms with Crippen molar-refractivity contribution in [2.45, 2.75) is 6.92 Å². The molecule has 0 spiro atoms. The maximum absolute atomic E-state index is 13.6. The average molecular weight is 282 g/mol. The van der Waals surface area contributed by atoms with E-state index in [0.717, 1.165) is 6.07 Å². The summed E-state index contributed by atoms with van der Waals surface area (Å²) in [5, 5.41) is 2.28. The normalized spacial score (nSPS) is 10.3. The number of hydrogen-bond acceptors (Lipinski definition) is 1. The van der Waals surface area contributed by atoms with Crippen molar-refractivity contribution in [2.24, 2.45) is 0 Å². The molecule has 2 aromatic carbocycles. The fourth-order valence-electron chi connectivity index (χ4n) is 1.63. The van der Waals surface area contributed by atoms with Crippen LogP contribution in [0.3, 0.4) is 0 Å². The summed E-state index contributed by atoms with van der Waals surface area (Å²) in [6.45, 7) is 1.67. The van der Waals surface area contributed by atoms with E-state index < -0.39 is 17.5 Å². The van der Waals surface area contributed by atoms with Gasteiger partial charge in [-0.25, -0.2) is 8.78 Å². The lowest BCUT2D eigenvalue weighted by molar-refractivity contribution is 0.102. The second-order valence-electron chi connectivity index (χ2n) is 4.01. The fraction of sp³-hybridized carbons (Fsp3) is 0.0714.